The van der Waals surface area contributed by atoms with Gasteiger partial charge in [-0.05, 0) is 49.7 Å². The van der Waals surface area contributed by atoms with Crippen LogP contribution in [0.25, 0.3) is 5.76 Å². The van der Waals surface area contributed by atoms with Gasteiger partial charge in [0.2, 0.25) is 0 Å². The highest BCUT2D eigenvalue weighted by atomic mass is 35.5. The minimum Gasteiger partial charge on any atom is -0.507 e. The first-order valence-corrected chi connectivity index (χ1v) is 11.1. The number of halogens is 2. The second-order valence-electron chi connectivity index (χ2n) is 7.21. The Labute approximate surface area is 198 Å². The molecule has 1 amide bonds. The maximum absolute atomic E-state index is 13.1. The van der Waals surface area contributed by atoms with Crippen molar-refractivity contribution in [2.45, 2.75) is 19.9 Å². The Bertz CT molecular complexity index is 1270. The number of carbonyl (C=O) groups is 2. The van der Waals surface area contributed by atoms with Crippen molar-refractivity contribution in [3.05, 3.63) is 79.8 Å². The number of hydrogen-bond acceptors (Lipinski definition) is 6. The van der Waals surface area contributed by atoms with E-state index in [1.165, 1.54) is 29.4 Å². The lowest BCUT2D eigenvalue weighted by Crippen LogP contribution is -2.29. The van der Waals surface area contributed by atoms with Gasteiger partial charge < -0.3 is 9.84 Å². The van der Waals surface area contributed by atoms with Gasteiger partial charge in [-0.25, -0.2) is 4.98 Å². The Morgan fingerprint density at radius 2 is 1.91 bits per heavy atom. The van der Waals surface area contributed by atoms with Crippen LogP contribution in [0.5, 0.6) is 5.75 Å². The van der Waals surface area contributed by atoms with E-state index in [2.05, 4.69) is 4.98 Å². The molecule has 32 heavy (non-hydrogen) atoms. The Morgan fingerprint density at radius 1 is 1.16 bits per heavy atom. The molecule has 0 saturated carbocycles. The van der Waals surface area contributed by atoms with E-state index in [1.807, 2.05) is 13.8 Å². The number of carbonyl (C=O) groups excluding carboxylic acids is 2. The molecule has 0 aliphatic carbocycles. The average Bonchev–Trinajstić information content (AvgIpc) is 3.23. The third-order valence-corrected chi connectivity index (χ3v) is 6.86. The highest BCUT2D eigenvalue weighted by Crippen LogP contribution is 2.44. The molecule has 3 aromatic rings. The number of ether oxygens (including phenoxy) is 1. The van der Waals surface area contributed by atoms with Gasteiger partial charge in [0.1, 0.15) is 11.5 Å². The Balaban J connectivity index is 1.95. The maximum atomic E-state index is 13.1. The molecule has 1 atom stereocenters. The fourth-order valence-corrected chi connectivity index (χ4v) is 4.94. The van der Waals surface area contributed by atoms with Crippen LogP contribution in [0.2, 0.25) is 10.0 Å². The van der Waals surface area contributed by atoms with Crippen LogP contribution < -0.4 is 9.64 Å². The van der Waals surface area contributed by atoms with E-state index < -0.39 is 17.7 Å². The van der Waals surface area contributed by atoms with Gasteiger partial charge in [-0.15, -0.1) is 11.3 Å². The summed E-state index contributed by atoms with van der Waals surface area (Å²) in [6, 6.07) is 10.5. The van der Waals surface area contributed by atoms with Crippen LogP contribution in [-0.2, 0) is 9.59 Å². The van der Waals surface area contributed by atoms with Gasteiger partial charge >= 0.3 is 5.91 Å². The zero-order valence-electron chi connectivity index (χ0n) is 17.3. The summed E-state index contributed by atoms with van der Waals surface area (Å²) >= 11 is 13.7. The van der Waals surface area contributed by atoms with Crippen LogP contribution in [0, 0.1) is 13.8 Å². The molecule has 1 aliphatic rings. The number of hydrogen-bond donors (Lipinski definition) is 1. The van der Waals surface area contributed by atoms with E-state index in [-0.39, 0.29) is 21.9 Å². The molecule has 6 nitrogen and oxygen atoms in total. The third kappa shape index (κ3) is 3.77. The zero-order valence-corrected chi connectivity index (χ0v) is 19.7. The summed E-state index contributed by atoms with van der Waals surface area (Å²) < 4.78 is 5.15. The molecule has 0 unspecified atom stereocenters. The van der Waals surface area contributed by atoms with Crippen molar-refractivity contribution in [3.63, 3.8) is 0 Å². The monoisotopic (exact) mass is 488 g/mol. The molecular weight excluding hydrogens is 471 g/mol. The number of aliphatic hydroxyl groups is 1. The summed E-state index contributed by atoms with van der Waals surface area (Å²) in [6.07, 6.45) is 0. The summed E-state index contributed by atoms with van der Waals surface area (Å²) in [5, 5.41) is 12.2. The molecule has 9 heteroatoms. The van der Waals surface area contributed by atoms with Crippen molar-refractivity contribution in [3.8, 4) is 5.75 Å². The number of nitrogens with zero attached hydrogens (tertiary/aromatic N) is 2. The Kier molecular flexibility index (Phi) is 5.99. The third-order valence-electron chi connectivity index (χ3n) is 5.26. The fraction of sp³-hybridized carbons (Fsp3) is 0.174. The number of rotatable bonds is 4. The quantitative estimate of drug-likeness (QED) is 0.289. The number of ketones is 1. The van der Waals surface area contributed by atoms with Gasteiger partial charge in [0.25, 0.3) is 5.78 Å². The standard InChI is InChI=1S/C23H18Cl2N2O4S/c1-11-12(2)32-23(26-11)27-19(13-5-4-6-15(24)9-13)18(21(29)22(27)30)20(28)14-7-8-17(31-3)16(25)10-14/h4-10,19,28H,1-3H3/b20-18+/t19-/m0/s1. The summed E-state index contributed by atoms with van der Waals surface area (Å²) in [4.78, 5) is 33.0. The van der Waals surface area contributed by atoms with E-state index >= 15 is 0 Å². The molecule has 1 aromatic heterocycles. The van der Waals surface area contributed by atoms with E-state index in [0.29, 0.717) is 21.5 Å². The number of Topliss-reactive ketones (excluding diaryl/α,β-unsaturated/α-hetero) is 1. The van der Waals surface area contributed by atoms with Gasteiger partial charge in [-0.2, -0.15) is 0 Å². The highest BCUT2D eigenvalue weighted by molar-refractivity contribution is 7.16. The number of aliphatic hydroxyl groups excluding tert-OH is 1. The molecule has 2 heterocycles. The van der Waals surface area contributed by atoms with Crippen molar-refractivity contribution in [2.75, 3.05) is 12.0 Å². The topological polar surface area (TPSA) is 79.7 Å². The molecule has 1 N–H and O–H groups in total. The maximum Gasteiger partial charge on any atom is 0.301 e. The Hall–Kier alpha value is -2.87. The van der Waals surface area contributed by atoms with Crippen LogP contribution in [-0.4, -0.2) is 28.9 Å². The minimum absolute atomic E-state index is 0.0657. The lowest BCUT2D eigenvalue weighted by atomic mass is 9.95. The number of thiazole rings is 1. The normalized spacial score (nSPS) is 17.8. The van der Waals surface area contributed by atoms with Gasteiger partial charge in [-0.1, -0.05) is 35.3 Å². The van der Waals surface area contributed by atoms with E-state index in [0.717, 1.165) is 10.6 Å². The average molecular weight is 489 g/mol. The molecule has 2 aromatic carbocycles. The summed E-state index contributed by atoms with van der Waals surface area (Å²) in [5.74, 6) is -1.51. The van der Waals surface area contributed by atoms with Gasteiger partial charge in [0, 0.05) is 15.5 Å². The van der Waals surface area contributed by atoms with E-state index in [4.69, 9.17) is 27.9 Å². The summed E-state index contributed by atoms with van der Waals surface area (Å²) in [5.41, 5.74) is 1.55. The van der Waals surface area contributed by atoms with Crippen molar-refractivity contribution >= 4 is 57.1 Å². The molecule has 0 bridgehead atoms. The summed E-state index contributed by atoms with van der Waals surface area (Å²) in [7, 11) is 1.48. The number of amides is 1. The first-order valence-electron chi connectivity index (χ1n) is 9.57. The number of benzene rings is 2. The molecule has 1 aliphatic heterocycles. The molecule has 0 spiro atoms. The molecule has 4 rings (SSSR count). The molecule has 1 saturated heterocycles. The van der Waals surface area contributed by atoms with Crippen LogP contribution in [0.4, 0.5) is 5.13 Å². The lowest BCUT2D eigenvalue weighted by molar-refractivity contribution is -0.132. The second-order valence-corrected chi connectivity index (χ2v) is 9.24. The predicted octanol–water partition coefficient (Wildman–Crippen LogP) is 5.70. The van der Waals surface area contributed by atoms with E-state index in [1.54, 1.807) is 36.4 Å². The van der Waals surface area contributed by atoms with Crippen LogP contribution >= 0.6 is 34.5 Å². The Morgan fingerprint density at radius 3 is 2.50 bits per heavy atom. The first kappa shape index (κ1) is 22.3. The van der Waals surface area contributed by atoms with Crippen molar-refractivity contribution in [1.29, 1.82) is 0 Å². The zero-order chi connectivity index (χ0) is 23.2. The smallest absolute Gasteiger partial charge is 0.301 e. The van der Waals surface area contributed by atoms with Crippen LogP contribution in [0.15, 0.2) is 48.0 Å². The number of anilines is 1. The molecule has 1 fully saturated rings. The van der Waals surface area contributed by atoms with Crippen LogP contribution in [0.3, 0.4) is 0 Å². The first-order chi connectivity index (χ1) is 15.2. The predicted molar refractivity (Wildman–Crippen MR) is 126 cm³/mol. The summed E-state index contributed by atoms with van der Waals surface area (Å²) in [6.45, 7) is 3.72. The minimum atomic E-state index is -0.903. The largest absolute Gasteiger partial charge is 0.507 e. The lowest BCUT2D eigenvalue weighted by Gasteiger charge is -2.23. The van der Waals surface area contributed by atoms with Gasteiger partial charge in [0.15, 0.2) is 5.13 Å². The molecular formula is C23H18Cl2N2O4S. The molecule has 0 radical (unpaired) electrons. The molecule has 164 valence electrons. The highest BCUT2D eigenvalue weighted by Gasteiger charge is 2.48. The fourth-order valence-electron chi connectivity index (χ4n) is 3.55. The van der Waals surface area contributed by atoms with Crippen molar-refractivity contribution in [2.24, 2.45) is 0 Å². The van der Waals surface area contributed by atoms with Gasteiger partial charge in [0.05, 0.1) is 29.4 Å². The second kappa shape index (κ2) is 8.58. The number of aromatic nitrogens is 1. The van der Waals surface area contributed by atoms with Crippen LogP contribution in [0.1, 0.15) is 27.7 Å². The van der Waals surface area contributed by atoms with Gasteiger partial charge in [-0.3, -0.25) is 14.5 Å². The number of methoxy groups -OCH3 is 1. The van der Waals surface area contributed by atoms with Crippen molar-refractivity contribution in [1.82, 2.24) is 4.98 Å². The van der Waals surface area contributed by atoms with Crippen molar-refractivity contribution < 1.29 is 19.4 Å². The van der Waals surface area contributed by atoms with E-state index in [9.17, 15) is 14.7 Å². The SMILES string of the molecule is COc1ccc(/C(O)=C2\C(=O)C(=O)N(c3nc(C)c(C)s3)[C@H]2c2cccc(Cl)c2)cc1Cl. The number of aryl methyl sites for hydroxylation is 2.